The zero-order valence-electron chi connectivity index (χ0n) is 19.1. The fourth-order valence-electron chi connectivity index (χ4n) is 5.12. The van der Waals surface area contributed by atoms with Gasteiger partial charge in [0.1, 0.15) is 17.2 Å². The summed E-state index contributed by atoms with van der Waals surface area (Å²) in [4.78, 5) is 31.8. The van der Waals surface area contributed by atoms with Crippen LogP contribution in [0.15, 0.2) is 45.6 Å². The van der Waals surface area contributed by atoms with Crippen molar-refractivity contribution in [2.24, 2.45) is 0 Å². The minimum atomic E-state index is -0.651. The van der Waals surface area contributed by atoms with Crippen molar-refractivity contribution in [2.45, 2.75) is 18.9 Å². The van der Waals surface area contributed by atoms with Crippen molar-refractivity contribution in [2.75, 3.05) is 55.7 Å². The molecular formula is C26H25F2N3O4. The number of carbonyl (C=O) groups is 1. The second-order valence-corrected chi connectivity index (χ2v) is 9.26. The Morgan fingerprint density at radius 3 is 2.37 bits per heavy atom. The molecule has 4 heterocycles. The molecule has 0 spiro atoms. The summed E-state index contributed by atoms with van der Waals surface area (Å²) in [6.07, 6.45) is 1.49. The summed E-state index contributed by atoms with van der Waals surface area (Å²) in [6.45, 7) is 4.26. The number of hydrogen-bond donors (Lipinski definition) is 0. The number of nitrogens with zero attached hydrogens (tertiary/aromatic N) is 3. The number of hydrogen-bond acceptors (Lipinski definition) is 6. The van der Waals surface area contributed by atoms with Crippen molar-refractivity contribution in [3.05, 3.63) is 69.4 Å². The average molecular weight is 481 g/mol. The van der Waals surface area contributed by atoms with E-state index >= 15 is 0 Å². The first kappa shape index (κ1) is 22.0. The minimum absolute atomic E-state index is 0.133. The highest BCUT2D eigenvalue weighted by molar-refractivity contribution is 6.00. The Balaban J connectivity index is 1.52. The number of benzene rings is 2. The number of halogens is 2. The summed E-state index contributed by atoms with van der Waals surface area (Å²) in [5.41, 5.74) is 1.72. The molecule has 35 heavy (non-hydrogen) atoms. The number of rotatable bonds is 4. The summed E-state index contributed by atoms with van der Waals surface area (Å²) < 4.78 is 39.9. The number of carbonyl (C=O) groups excluding carboxylic acids is 1. The van der Waals surface area contributed by atoms with E-state index in [1.54, 1.807) is 17.0 Å². The maximum Gasteiger partial charge on any atom is 0.254 e. The van der Waals surface area contributed by atoms with Crippen molar-refractivity contribution in [3.8, 4) is 0 Å². The fraction of sp³-hybridized carbons (Fsp3) is 0.385. The van der Waals surface area contributed by atoms with E-state index in [4.69, 9.17) is 9.15 Å². The van der Waals surface area contributed by atoms with Crippen LogP contribution in [0.3, 0.4) is 0 Å². The third-order valence-electron chi connectivity index (χ3n) is 6.94. The van der Waals surface area contributed by atoms with Crippen LogP contribution >= 0.6 is 0 Å². The van der Waals surface area contributed by atoms with Gasteiger partial charge in [0, 0.05) is 61.7 Å². The van der Waals surface area contributed by atoms with Gasteiger partial charge in [0.25, 0.3) is 5.91 Å². The smallest absolute Gasteiger partial charge is 0.254 e. The SMILES string of the molecule is O=C(c1cc([C@H]2CCCN2c2cc(F)cc(F)c2)c2oc(N3CCOCC3)cc(=O)c2c1)N1CC1. The highest BCUT2D eigenvalue weighted by Crippen LogP contribution is 2.40. The van der Waals surface area contributed by atoms with Gasteiger partial charge in [0.2, 0.25) is 0 Å². The number of fused-ring (bicyclic) bond motifs is 1. The van der Waals surface area contributed by atoms with E-state index in [1.807, 2.05) is 9.80 Å². The predicted octanol–water partition coefficient (Wildman–Crippen LogP) is 3.71. The molecule has 1 atom stereocenters. The Labute approximate surface area is 200 Å². The van der Waals surface area contributed by atoms with E-state index in [9.17, 15) is 18.4 Å². The maximum absolute atomic E-state index is 14.0. The van der Waals surface area contributed by atoms with Gasteiger partial charge in [0.05, 0.1) is 24.6 Å². The second kappa shape index (κ2) is 8.64. The van der Waals surface area contributed by atoms with E-state index in [0.717, 1.165) is 12.5 Å². The molecule has 7 nitrogen and oxygen atoms in total. The standard InChI is InChI=1S/C26H25F2N3O4/c27-17-12-18(28)14-19(13-17)31-3-1-2-22(31)20-10-16(26(33)30-4-5-30)11-21-23(32)15-24(35-25(20)21)29-6-8-34-9-7-29/h10-15,22H,1-9H2/t22-/m1/s1. The Morgan fingerprint density at radius 2 is 1.66 bits per heavy atom. The van der Waals surface area contributed by atoms with Crippen LogP contribution in [0, 0.1) is 11.6 Å². The van der Waals surface area contributed by atoms with E-state index in [0.29, 0.717) is 86.0 Å². The van der Waals surface area contributed by atoms with Crippen molar-refractivity contribution < 1.29 is 22.7 Å². The fourth-order valence-corrected chi connectivity index (χ4v) is 5.12. The van der Waals surface area contributed by atoms with Gasteiger partial charge in [-0.15, -0.1) is 0 Å². The molecule has 9 heteroatoms. The van der Waals surface area contributed by atoms with Crippen LogP contribution in [0.1, 0.15) is 34.8 Å². The lowest BCUT2D eigenvalue weighted by atomic mass is 9.97. The first-order valence-electron chi connectivity index (χ1n) is 11.9. The zero-order chi connectivity index (χ0) is 24.1. The summed E-state index contributed by atoms with van der Waals surface area (Å²) in [5, 5.41) is 0.335. The lowest BCUT2D eigenvalue weighted by Gasteiger charge is -2.29. The van der Waals surface area contributed by atoms with Gasteiger partial charge in [-0.05, 0) is 37.1 Å². The van der Waals surface area contributed by atoms with Gasteiger partial charge in [-0.1, -0.05) is 0 Å². The molecule has 0 saturated carbocycles. The Morgan fingerprint density at radius 1 is 0.914 bits per heavy atom. The molecule has 1 aromatic heterocycles. The molecule has 3 aliphatic rings. The van der Waals surface area contributed by atoms with E-state index in [-0.39, 0.29) is 17.4 Å². The van der Waals surface area contributed by atoms with Crippen LogP contribution in [0.4, 0.5) is 20.4 Å². The predicted molar refractivity (Wildman–Crippen MR) is 127 cm³/mol. The highest BCUT2D eigenvalue weighted by Gasteiger charge is 2.33. The van der Waals surface area contributed by atoms with Crippen LogP contribution in [0.5, 0.6) is 0 Å². The number of ether oxygens (including phenoxy) is 1. The van der Waals surface area contributed by atoms with Crippen LogP contribution < -0.4 is 15.2 Å². The average Bonchev–Trinajstić information content (AvgIpc) is 3.59. The normalized spacial score (nSPS) is 20.1. The van der Waals surface area contributed by atoms with Crippen LogP contribution in [0.25, 0.3) is 11.0 Å². The molecule has 0 radical (unpaired) electrons. The van der Waals surface area contributed by atoms with E-state index < -0.39 is 11.6 Å². The first-order valence-corrected chi connectivity index (χ1v) is 11.9. The molecule has 182 valence electrons. The monoisotopic (exact) mass is 481 g/mol. The van der Waals surface area contributed by atoms with Crippen molar-refractivity contribution in [3.63, 3.8) is 0 Å². The van der Waals surface area contributed by atoms with Crippen LogP contribution in [0.2, 0.25) is 0 Å². The molecule has 3 saturated heterocycles. The summed E-state index contributed by atoms with van der Waals surface area (Å²) in [7, 11) is 0. The molecular weight excluding hydrogens is 456 g/mol. The molecule has 3 fully saturated rings. The summed E-state index contributed by atoms with van der Waals surface area (Å²) in [6, 6.07) is 8.03. The molecule has 3 aliphatic heterocycles. The van der Waals surface area contributed by atoms with Gasteiger partial charge < -0.3 is 23.9 Å². The van der Waals surface area contributed by atoms with E-state index in [1.165, 1.54) is 18.2 Å². The number of amides is 1. The molecule has 0 aliphatic carbocycles. The molecule has 0 unspecified atom stereocenters. The molecule has 0 N–H and O–H groups in total. The third kappa shape index (κ3) is 4.14. The number of anilines is 2. The largest absolute Gasteiger partial charge is 0.440 e. The second-order valence-electron chi connectivity index (χ2n) is 9.26. The molecule has 2 aromatic carbocycles. The van der Waals surface area contributed by atoms with Crippen molar-refractivity contribution in [1.29, 1.82) is 0 Å². The molecule has 0 bridgehead atoms. The lowest BCUT2D eigenvalue weighted by molar-refractivity contribution is 0.0885. The quantitative estimate of drug-likeness (QED) is 0.530. The highest BCUT2D eigenvalue weighted by atomic mass is 19.1. The van der Waals surface area contributed by atoms with Gasteiger partial charge in [-0.2, -0.15) is 0 Å². The van der Waals surface area contributed by atoms with E-state index in [2.05, 4.69) is 0 Å². The Hall–Kier alpha value is -3.46. The van der Waals surface area contributed by atoms with Crippen LogP contribution in [-0.4, -0.2) is 56.7 Å². The molecule has 6 rings (SSSR count). The molecule has 1 amide bonds. The minimum Gasteiger partial charge on any atom is -0.440 e. The van der Waals surface area contributed by atoms with Gasteiger partial charge in [-0.3, -0.25) is 9.59 Å². The summed E-state index contributed by atoms with van der Waals surface area (Å²) in [5.74, 6) is -0.978. The van der Waals surface area contributed by atoms with Gasteiger partial charge in [-0.25, -0.2) is 8.78 Å². The maximum atomic E-state index is 14.0. The van der Waals surface area contributed by atoms with Crippen molar-refractivity contribution >= 4 is 28.4 Å². The first-order chi connectivity index (χ1) is 17.0. The lowest BCUT2D eigenvalue weighted by Crippen LogP contribution is -2.36. The Kier molecular flexibility index (Phi) is 5.44. The van der Waals surface area contributed by atoms with Crippen LogP contribution in [-0.2, 0) is 4.74 Å². The summed E-state index contributed by atoms with van der Waals surface area (Å²) >= 11 is 0. The van der Waals surface area contributed by atoms with Gasteiger partial charge >= 0.3 is 0 Å². The topological polar surface area (TPSA) is 66.0 Å². The van der Waals surface area contributed by atoms with Gasteiger partial charge in [0.15, 0.2) is 11.3 Å². The zero-order valence-corrected chi connectivity index (χ0v) is 19.1. The number of morpholine rings is 1. The molecule has 3 aromatic rings. The Bertz CT molecular complexity index is 1340. The van der Waals surface area contributed by atoms with Crippen molar-refractivity contribution in [1.82, 2.24) is 4.90 Å². The third-order valence-corrected chi connectivity index (χ3v) is 6.94.